The molecule has 5 nitrogen and oxygen atoms in total. The average molecular weight is 405 g/mol. The number of rotatable bonds is 5. The van der Waals surface area contributed by atoms with Gasteiger partial charge in [-0.15, -0.1) is 0 Å². The molecule has 1 heterocycles. The lowest BCUT2D eigenvalue weighted by Crippen LogP contribution is -2.50. The van der Waals surface area contributed by atoms with E-state index >= 15 is 0 Å². The zero-order chi connectivity index (χ0) is 19.9. The summed E-state index contributed by atoms with van der Waals surface area (Å²) in [7, 11) is -3.49. The molecule has 6 heteroatoms. The molecule has 2 bridgehead atoms. The Labute approximate surface area is 169 Å². The normalized spacial score (nSPS) is 28.2. The van der Waals surface area contributed by atoms with Gasteiger partial charge < -0.3 is 4.90 Å². The van der Waals surface area contributed by atoms with Crippen LogP contribution in [-0.4, -0.2) is 49.7 Å². The number of amides is 1. The van der Waals surface area contributed by atoms with Crippen LogP contribution in [-0.2, 0) is 14.8 Å². The molecule has 1 aliphatic heterocycles. The first-order valence-corrected chi connectivity index (χ1v) is 12.2. The molecule has 154 valence electrons. The Morgan fingerprint density at radius 1 is 1.04 bits per heavy atom. The first-order valence-electron chi connectivity index (χ1n) is 10.7. The monoisotopic (exact) mass is 404 g/mol. The van der Waals surface area contributed by atoms with Crippen molar-refractivity contribution in [2.24, 2.45) is 17.8 Å². The van der Waals surface area contributed by atoms with E-state index in [9.17, 15) is 13.2 Å². The fraction of sp³-hybridized carbons (Fsp3) is 0.682. The number of benzene rings is 1. The van der Waals surface area contributed by atoms with E-state index in [1.54, 1.807) is 12.1 Å². The minimum atomic E-state index is -3.49. The number of piperazine rings is 1. The molecule has 0 spiro atoms. The number of nitrogens with zero attached hydrogens (tertiary/aromatic N) is 2. The quantitative estimate of drug-likeness (QED) is 0.755. The topological polar surface area (TPSA) is 57.7 Å². The minimum absolute atomic E-state index is 0.218. The summed E-state index contributed by atoms with van der Waals surface area (Å²) in [6.07, 6.45) is 5.84. The van der Waals surface area contributed by atoms with E-state index in [1.807, 2.05) is 17.0 Å². The first kappa shape index (κ1) is 19.9. The molecule has 2 aliphatic carbocycles. The molecule has 3 atom stereocenters. The van der Waals surface area contributed by atoms with Gasteiger partial charge in [0, 0.05) is 32.6 Å². The third-order valence-corrected chi connectivity index (χ3v) is 9.01. The van der Waals surface area contributed by atoms with Gasteiger partial charge in [-0.3, -0.25) is 4.79 Å². The Bertz CT molecular complexity index is 811. The summed E-state index contributed by atoms with van der Waals surface area (Å²) in [5.41, 5.74) is 1.13. The van der Waals surface area contributed by atoms with E-state index < -0.39 is 10.0 Å². The molecule has 0 unspecified atom stereocenters. The van der Waals surface area contributed by atoms with Crippen molar-refractivity contribution in [3.63, 3.8) is 0 Å². The number of fused-ring (bicyclic) bond motifs is 2. The SMILES string of the molecule is CC(C)c1ccc(S(=O)(=O)N2CCN(C(=O)C[C@H]3C[C@@H]4CC[C@@H]3C4)CC2)cc1. The van der Waals surface area contributed by atoms with Crippen LogP contribution in [0.2, 0.25) is 0 Å². The van der Waals surface area contributed by atoms with Crippen molar-refractivity contribution in [1.29, 1.82) is 0 Å². The van der Waals surface area contributed by atoms with Crippen LogP contribution in [0.4, 0.5) is 0 Å². The summed E-state index contributed by atoms with van der Waals surface area (Å²) in [5.74, 6) is 2.76. The molecular weight excluding hydrogens is 372 g/mol. The van der Waals surface area contributed by atoms with E-state index in [2.05, 4.69) is 13.8 Å². The van der Waals surface area contributed by atoms with E-state index in [1.165, 1.54) is 30.0 Å². The van der Waals surface area contributed by atoms with Crippen LogP contribution >= 0.6 is 0 Å². The van der Waals surface area contributed by atoms with Gasteiger partial charge in [-0.1, -0.05) is 32.4 Å². The standard InChI is InChI=1S/C22H32N2O3S/c1-16(2)18-5-7-21(8-6-18)28(26,27)24-11-9-23(10-12-24)22(25)15-20-14-17-3-4-19(20)13-17/h5-8,16-17,19-20H,3-4,9-15H2,1-2H3/t17-,19-,20-/m1/s1. The van der Waals surface area contributed by atoms with Crippen LogP contribution in [0.5, 0.6) is 0 Å². The Hall–Kier alpha value is -1.40. The molecule has 0 N–H and O–H groups in total. The van der Waals surface area contributed by atoms with Crippen molar-refractivity contribution in [3.05, 3.63) is 29.8 Å². The Morgan fingerprint density at radius 3 is 2.25 bits per heavy atom. The Kier molecular flexibility index (Phi) is 5.53. The third-order valence-electron chi connectivity index (χ3n) is 7.10. The molecule has 2 saturated carbocycles. The number of hydrogen-bond acceptors (Lipinski definition) is 3. The second-order valence-electron chi connectivity index (χ2n) is 9.15. The van der Waals surface area contributed by atoms with Crippen molar-refractivity contribution >= 4 is 15.9 Å². The maximum Gasteiger partial charge on any atom is 0.243 e. The lowest BCUT2D eigenvalue weighted by Gasteiger charge is -2.35. The van der Waals surface area contributed by atoms with Gasteiger partial charge in [0.25, 0.3) is 0 Å². The highest BCUT2D eigenvalue weighted by molar-refractivity contribution is 7.89. The predicted molar refractivity (Wildman–Crippen MR) is 109 cm³/mol. The fourth-order valence-corrected chi connectivity index (χ4v) is 6.75. The van der Waals surface area contributed by atoms with Gasteiger partial charge in [0.2, 0.25) is 15.9 Å². The van der Waals surface area contributed by atoms with E-state index in [0.29, 0.717) is 49.3 Å². The van der Waals surface area contributed by atoms with Crippen LogP contribution in [0.15, 0.2) is 29.2 Å². The summed E-state index contributed by atoms with van der Waals surface area (Å²) in [6, 6.07) is 7.20. The Morgan fingerprint density at radius 2 is 1.71 bits per heavy atom. The number of sulfonamides is 1. The molecule has 1 aromatic carbocycles. The van der Waals surface area contributed by atoms with Crippen LogP contribution in [0.3, 0.4) is 0 Å². The van der Waals surface area contributed by atoms with Gasteiger partial charge in [-0.2, -0.15) is 4.31 Å². The largest absolute Gasteiger partial charge is 0.340 e. The smallest absolute Gasteiger partial charge is 0.243 e. The molecule has 28 heavy (non-hydrogen) atoms. The second-order valence-corrected chi connectivity index (χ2v) is 11.1. The first-order chi connectivity index (χ1) is 13.3. The van der Waals surface area contributed by atoms with Crippen molar-refractivity contribution in [2.45, 2.75) is 56.8 Å². The summed E-state index contributed by atoms with van der Waals surface area (Å²) < 4.78 is 27.4. The van der Waals surface area contributed by atoms with Crippen molar-refractivity contribution in [3.8, 4) is 0 Å². The zero-order valence-corrected chi connectivity index (χ0v) is 17.8. The molecule has 0 aromatic heterocycles. The molecule has 1 amide bonds. The van der Waals surface area contributed by atoms with Gasteiger partial charge in [-0.05, 0) is 60.6 Å². The van der Waals surface area contributed by atoms with Gasteiger partial charge in [0.1, 0.15) is 0 Å². The third kappa shape index (κ3) is 3.86. The van der Waals surface area contributed by atoms with Gasteiger partial charge >= 0.3 is 0 Å². The number of carbonyl (C=O) groups is 1. The highest BCUT2D eigenvalue weighted by Gasteiger charge is 2.41. The summed E-state index contributed by atoms with van der Waals surface area (Å²) in [5, 5.41) is 0. The van der Waals surface area contributed by atoms with E-state index in [-0.39, 0.29) is 5.91 Å². The van der Waals surface area contributed by atoms with Gasteiger partial charge in [0.05, 0.1) is 4.90 Å². The summed E-state index contributed by atoms with van der Waals surface area (Å²) in [6.45, 7) is 5.96. The van der Waals surface area contributed by atoms with Crippen LogP contribution in [0.25, 0.3) is 0 Å². The zero-order valence-electron chi connectivity index (χ0n) is 17.0. The van der Waals surface area contributed by atoms with E-state index in [4.69, 9.17) is 0 Å². The number of hydrogen-bond donors (Lipinski definition) is 0. The van der Waals surface area contributed by atoms with Gasteiger partial charge in [0.15, 0.2) is 0 Å². The molecule has 0 radical (unpaired) electrons. The Balaban J connectivity index is 1.33. The lowest BCUT2D eigenvalue weighted by atomic mass is 9.86. The second kappa shape index (κ2) is 7.79. The van der Waals surface area contributed by atoms with Crippen LogP contribution < -0.4 is 0 Å². The highest BCUT2D eigenvalue weighted by atomic mass is 32.2. The maximum absolute atomic E-state index is 12.9. The fourth-order valence-electron chi connectivity index (χ4n) is 5.33. The van der Waals surface area contributed by atoms with E-state index in [0.717, 1.165) is 17.4 Å². The molecule has 1 saturated heterocycles. The summed E-state index contributed by atoms with van der Waals surface area (Å²) in [4.78, 5) is 14.9. The maximum atomic E-state index is 12.9. The van der Waals surface area contributed by atoms with Crippen molar-refractivity contribution in [1.82, 2.24) is 9.21 Å². The predicted octanol–water partition coefficient (Wildman–Crippen LogP) is 3.47. The van der Waals surface area contributed by atoms with Gasteiger partial charge in [-0.25, -0.2) is 8.42 Å². The molecule has 3 aliphatic rings. The van der Waals surface area contributed by atoms with Crippen molar-refractivity contribution in [2.75, 3.05) is 26.2 Å². The molecular formula is C22H32N2O3S. The highest BCUT2D eigenvalue weighted by Crippen LogP contribution is 2.49. The summed E-state index contributed by atoms with van der Waals surface area (Å²) >= 11 is 0. The average Bonchev–Trinajstić information content (AvgIpc) is 3.31. The lowest BCUT2D eigenvalue weighted by molar-refractivity contribution is -0.133. The van der Waals surface area contributed by atoms with Crippen molar-refractivity contribution < 1.29 is 13.2 Å². The molecule has 1 aromatic rings. The molecule has 4 rings (SSSR count). The van der Waals surface area contributed by atoms with Crippen LogP contribution in [0, 0.1) is 17.8 Å². The minimum Gasteiger partial charge on any atom is -0.340 e. The number of carbonyl (C=O) groups excluding carboxylic acids is 1. The molecule has 3 fully saturated rings. The van der Waals surface area contributed by atoms with Crippen LogP contribution in [0.1, 0.15) is 57.4 Å².